The molecule has 4 aromatic rings. The van der Waals surface area contributed by atoms with Crippen molar-refractivity contribution in [1.29, 1.82) is 0 Å². The molecule has 140 valence electrons. The van der Waals surface area contributed by atoms with Crippen molar-refractivity contribution in [2.75, 3.05) is 6.54 Å². The molecule has 0 aliphatic heterocycles. The van der Waals surface area contributed by atoms with Crippen LogP contribution in [-0.4, -0.2) is 27.0 Å². The minimum Gasteiger partial charge on any atom is -0.352 e. The lowest BCUT2D eigenvalue weighted by Crippen LogP contribution is -2.26. The van der Waals surface area contributed by atoms with Gasteiger partial charge in [-0.05, 0) is 41.8 Å². The molecule has 28 heavy (non-hydrogen) atoms. The van der Waals surface area contributed by atoms with Crippen LogP contribution in [0.3, 0.4) is 0 Å². The van der Waals surface area contributed by atoms with Crippen LogP contribution in [0.15, 0.2) is 72.9 Å². The SMILES string of the molecule is O=C(NCCc1ccccc1)c1ccc2nnc(Cc3ccc(Cl)cc3)n2c1. The maximum Gasteiger partial charge on any atom is 0.252 e. The Morgan fingerprint density at radius 2 is 1.71 bits per heavy atom. The second-order valence-corrected chi connectivity index (χ2v) is 6.99. The zero-order valence-electron chi connectivity index (χ0n) is 15.2. The Labute approximate surface area is 168 Å². The second-order valence-electron chi connectivity index (χ2n) is 6.56. The van der Waals surface area contributed by atoms with E-state index in [0.717, 1.165) is 17.8 Å². The van der Waals surface area contributed by atoms with Crippen LogP contribution in [0.1, 0.15) is 27.3 Å². The molecule has 2 aromatic heterocycles. The average molecular weight is 391 g/mol. The number of benzene rings is 2. The topological polar surface area (TPSA) is 59.3 Å². The summed E-state index contributed by atoms with van der Waals surface area (Å²) in [6.07, 6.45) is 3.19. The van der Waals surface area contributed by atoms with Gasteiger partial charge < -0.3 is 5.32 Å². The molecule has 0 aliphatic carbocycles. The molecule has 2 aromatic carbocycles. The molecule has 6 heteroatoms. The number of rotatable bonds is 6. The van der Waals surface area contributed by atoms with E-state index in [2.05, 4.69) is 27.6 Å². The number of hydrogen-bond acceptors (Lipinski definition) is 3. The molecule has 4 rings (SSSR count). The van der Waals surface area contributed by atoms with Gasteiger partial charge in [-0.1, -0.05) is 54.1 Å². The Hall–Kier alpha value is -3.18. The van der Waals surface area contributed by atoms with Crippen LogP contribution in [0.4, 0.5) is 0 Å². The van der Waals surface area contributed by atoms with Crippen LogP contribution in [0, 0.1) is 0 Å². The molecule has 0 unspecified atom stereocenters. The minimum atomic E-state index is -0.107. The molecule has 1 N–H and O–H groups in total. The first-order chi connectivity index (χ1) is 13.7. The predicted molar refractivity (Wildman–Crippen MR) is 110 cm³/mol. The number of halogens is 1. The third kappa shape index (κ3) is 4.21. The number of carbonyl (C=O) groups is 1. The Kier molecular flexibility index (Phi) is 5.35. The van der Waals surface area contributed by atoms with Gasteiger partial charge in [0.05, 0.1) is 5.56 Å². The number of nitrogens with zero attached hydrogens (tertiary/aromatic N) is 3. The Bertz CT molecular complexity index is 1090. The first kappa shape index (κ1) is 18.2. The molecule has 0 atom stereocenters. The minimum absolute atomic E-state index is 0.107. The smallest absolute Gasteiger partial charge is 0.252 e. The van der Waals surface area contributed by atoms with Crippen LogP contribution in [0.5, 0.6) is 0 Å². The van der Waals surface area contributed by atoms with Crippen molar-refractivity contribution in [3.8, 4) is 0 Å². The van der Waals surface area contributed by atoms with Gasteiger partial charge >= 0.3 is 0 Å². The molecule has 0 saturated heterocycles. The van der Waals surface area contributed by atoms with Gasteiger partial charge in [0.15, 0.2) is 5.65 Å². The largest absolute Gasteiger partial charge is 0.352 e. The van der Waals surface area contributed by atoms with E-state index in [-0.39, 0.29) is 5.91 Å². The number of carbonyl (C=O) groups excluding carboxylic acids is 1. The van der Waals surface area contributed by atoms with Gasteiger partial charge in [0.1, 0.15) is 5.82 Å². The highest BCUT2D eigenvalue weighted by molar-refractivity contribution is 6.30. The number of hydrogen-bond donors (Lipinski definition) is 1. The molecular formula is C22H19ClN4O. The summed E-state index contributed by atoms with van der Waals surface area (Å²) in [6, 6.07) is 21.3. The molecule has 0 bridgehead atoms. The number of amides is 1. The van der Waals surface area contributed by atoms with Crippen molar-refractivity contribution in [1.82, 2.24) is 19.9 Å². The zero-order chi connectivity index (χ0) is 19.3. The molecule has 5 nitrogen and oxygen atoms in total. The summed E-state index contributed by atoms with van der Waals surface area (Å²) in [7, 11) is 0. The summed E-state index contributed by atoms with van der Waals surface area (Å²) in [5.41, 5.74) is 3.57. The first-order valence-corrected chi connectivity index (χ1v) is 9.47. The summed E-state index contributed by atoms with van der Waals surface area (Å²) in [4.78, 5) is 12.5. The summed E-state index contributed by atoms with van der Waals surface area (Å²) >= 11 is 5.95. The number of fused-ring (bicyclic) bond motifs is 1. The average Bonchev–Trinajstić information content (AvgIpc) is 3.12. The van der Waals surface area contributed by atoms with Crippen LogP contribution in [0.2, 0.25) is 5.02 Å². The fraction of sp³-hybridized carbons (Fsp3) is 0.136. The van der Waals surface area contributed by atoms with Gasteiger partial charge in [-0.25, -0.2) is 0 Å². The molecular weight excluding hydrogens is 372 g/mol. The number of nitrogens with one attached hydrogen (secondary N) is 1. The van der Waals surface area contributed by atoms with E-state index in [4.69, 9.17) is 11.6 Å². The quantitative estimate of drug-likeness (QED) is 0.542. The van der Waals surface area contributed by atoms with E-state index >= 15 is 0 Å². The number of aromatic nitrogens is 3. The van der Waals surface area contributed by atoms with Gasteiger partial charge in [0, 0.05) is 24.2 Å². The predicted octanol–water partition coefficient (Wildman–Crippen LogP) is 3.95. The Morgan fingerprint density at radius 3 is 2.50 bits per heavy atom. The third-order valence-corrected chi connectivity index (χ3v) is 4.80. The second kappa shape index (κ2) is 8.23. The highest BCUT2D eigenvalue weighted by atomic mass is 35.5. The van der Waals surface area contributed by atoms with Gasteiger partial charge in [-0.3, -0.25) is 9.20 Å². The van der Waals surface area contributed by atoms with Crippen molar-refractivity contribution >= 4 is 23.2 Å². The van der Waals surface area contributed by atoms with Gasteiger partial charge in [-0.15, -0.1) is 10.2 Å². The van der Waals surface area contributed by atoms with Crippen LogP contribution >= 0.6 is 11.6 Å². The highest BCUT2D eigenvalue weighted by Crippen LogP contribution is 2.14. The lowest BCUT2D eigenvalue weighted by Gasteiger charge is -2.07. The van der Waals surface area contributed by atoms with E-state index in [9.17, 15) is 4.79 Å². The lowest BCUT2D eigenvalue weighted by atomic mass is 10.1. The molecule has 0 fully saturated rings. The van der Waals surface area contributed by atoms with Crippen molar-refractivity contribution in [2.45, 2.75) is 12.8 Å². The highest BCUT2D eigenvalue weighted by Gasteiger charge is 2.11. The molecule has 0 aliphatic rings. The molecule has 1 amide bonds. The van der Waals surface area contributed by atoms with Crippen molar-refractivity contribution < 1.29 is 4.79 Å². The zero-order valence-corrected chi connectivity index (χ0v) is 15.9. The van der Waals surface area contributed by atoms with Crippen molar-refractivity contribution in [3.63, 3.8) is 0 Å². The molecule has 0 spiro atoms. The van der Waals surface area contributed by atoms with E-state index < -0.39 is 0 Å². The van der Waals surface area contributed by atoms with Gasteiger partial charge in [-0.2, -0.15) is 0 Å². The van der Waals surface area contributed by atoms with Crippen LogP contribution < -0.4 is 5.32 Å². The number of pyridine rings is 1. The van der Waals surface area contributed by atoms with Crippen molar-refractivity contribution in [3.05, 3.63) is 100 Å². The van der Waals surface area contributed by atoms with Crippen molar-refractivity contribution in [2.24, 2.45) is 0 Å². The van der Waals surface area contributed by atoms with Crippen LogP contribution in [0.25, 0.3) is 5.65 Å². The molecule has 0 radical (unpaired) electrons. The maximum absolute atomic E-state index is 12.5. The van der Waals surface area contributed by atoms with Crippen LogP contribution in [-0.2, 0) is 12.8 Å². The Balaban J connectivity index is 1.47. The Morgan fingerprint density at radius 1 is 0.929 bits per heavy atom. The normalized spacial score (nSPS) is 10.9. The summed E-state index contributed by atoms with van der Waals surface area (Å²) in [5, 5.41) is 12.1. The lowest BCUT2D eigenvalue weighted by molar-refractivity contribution is 0.0953. The third-order valence-electron chi connectivity index (χ3n) is 4.55. The monoisotopic (exact) mass is 390 g/mol. The maximum atomic E-state index is 12.5. The van der Waals surface area contributed by atoms with E-state index in [1.165, 1.54) is 5.56 Å². The standard InChI is InChI=1S/C22H19ClN4O/c23-19-9-6-17(7-10-19)14-21-26-25-20-11-8-18(15-27(20)21)22(28)24-13-12-16-4-2-1-3-5-16/h1-11,15H,12-14H2,(H,24,28). The first-order valence-electron chi connectivity index (χ1n) is 9.09. The van der Waals surface area contributed by atoms with Gasteiger partial charge in [0.25, 0.3) is 5.91 Å². The fourth-order valence-electron chi connectivity index (χ4n) is 3.05. The summed E-state index contributed by atoms with van der Waals surface area (Å²) < 4.78 is 1.86. The molecule has 2 heterocycles. The molecule has 0 saturated carbocycles. The van der Waals surface area contributed by atoms with Gasteiger partial charge in [0.2, 0.25) is 0 Å². The van der Waals surface area contributed by atoms with E-state index in [1.54, 1.807) is 12.3 Å². The van der Waals surface area contributed by atoms with E-state index in [0.29, 0.717) is 29.2 Å². The summed E-state index contributed by atoms with van der Waals surface area (Å²) in [5.74, 6) is 0.667. The summed E-state index contributed by atoms with van der Waals surface area (Å²) in [6.45, 7) is 0.584. The van der Waals surface area contributed by atoms with E-state index in [1.807, 2.05) is 52.9 Å². The fourth-order valence-corrected chi connectivity index (χ4v) is 3.17.